The highest BCUT2D eigenvalue weighted by atomic mass is 19.4. The van der Waals surface area contributed by atoms with Gasteiger partial charge in [0, 0.05) is 11.6 Å². The van der Waals surface area contributed by atoms with E-state index in [-0.39, 0.29) is 28.5 Å². The molecule has 0 fully saturated rings. The van der Waals surface area contributed by atoms with Crippen molar-refractivity contribution in [3.63, 3.8) is 0 Å². The number of nitrogens with zero attached hydrogens (tertiary/aromatic N) is 1. The fourth-order valence-electron chi connectivity index (χ4n) is 2.72. The third-order valence-corrected chi connectivity index (χ3v) is 4.17. The van der Waals surface area contributed by atoms with E-state index < -0.39 is 12.2 Å². The van der Waals surface area contributed by atoms with Gasteiger partial charge in [-0.2, -0.15) is 0 Å². The molecule has 0 bridgehead atoms. The molecule has 0 aliphatic rings. The smallest absolute Gasteiger partial charge is 0.489 e. The van der Waals surface area contributed by atoms with E-state index in [0.29, 0.717) is 5.56 Å². The monoisotopic (exact) mass is 397 g/mol. The molecule has 0 heterocycles. The van der Waals surface area contributed by atoms with E-state index in [1.165, 1.54) is 42.5 Å². The second kappa shape index (κ2) is 8.65. The summed E-state index contributed by atoms with van der Waals surface area (Å²) in [6.07, 6.45) is -3.35. The van der Waals surface area contributed by atoms with Crippen molar-refractivity contribution >= 4 is 17.7 Å². The molecule has 0 atom stereocenters. The van der Waals surface area contributed by atoms with Gasteiger partial charge in [0.15, 0.2) is 0 Å². The number of hydrogen-bond donors (Lipinski definition) is 0. The lowest BCUT2D eigenvalue weighted by Gasteiger charge is -2.25. The Morgan fingerprint density at radius 2 is 1.66 bits per heavy atom. The predicted octanol–water partition coefficient (Wildman–Crippen LogP) is 6.08. The molecule has 0 aliphatic heterocycles. The fraction of sp³-hybridized carbons (Fsp3) is 0.0870. The molecular weight excluding hydrogens is 379 g/mol. The van der Waals surface area contributed by atoms with Gasteiger partial charge in [-0.15, -0.1) is 13.2 Å². The SMILES string of the molecule is C=Cc1ccc(C(=O)N(c2cccc(OCc3ccccc3)c2)C(F)(F)F)cc1. The molecule has 6 heteroatoms. The van der Waals surface area contributed by atoms with Crippen molar-refractivity contribution in [2.75, 3.05) is 4.90 Å². The second-order valence-corrected chi connectivity index (χ2v) is 6.21. The molecular formula is C23H18F3NO2. The normalized spacial score (nSPS) is 11.0. The van der Waals surface area contributed by atoms with E-state index in [0.717, 1.165) is 5.56 Å². The Morgan fingerprint density at radius 1 is 0.966 bits per heavy atom. The third-order valence-electron chi connectivity index (χ3n) is 4.17. The van der Waals surface area contributed by atoms with Gasteiger partial charge in [0.05, 0.1) is 5.69 Å². The van der Waals surface area contributed by atoms with Crippen molar-refractivity contribution in [1.29, 1.82) is 0 Å². The molecule has 0 saturated carbocycles. The van der Waals surface area contributed by atoms with Gasteiger partial charge in [-0.05, 0) is 35.4 Å². The largest absolute Gasteiger partial charge is 0.491 e. The summed E-state index contributed by atoms with van der Waals surface area (Å²) >= 11 is 0. The number of benzene rings is 3. The first-order valence-electron chi connectivity index (χ1n) is 8.79. The summed E-state index contributed by atoms with van der Waals surface area (Å²) in [6, 6.07) is 20.4. The topological polar surface area (TPSA) is 29.5 Å². The van der Waals surface area contributed by atoms with E-state index in [4.69, 9.17) is 4.74 Å². The van der Waals surface area contributed by atoms with Gasteiger partial charge >= 0.3 is 6.30 Å². The molecule has 0 saturated heterocycles. The highest BCUT2D eigenvalue weighted by molar-refractivity contribution is 6.06. The first-order valence-corrected chi connectivity index (χ1v) is 8.79. The van der Waals surface area contributed by atoms with Crippen LogP contribution in [0.4, 0.5) is 18.9 Å². The zero-order valence-corrected chi connectivity index (χ0v) is 15.4. The lowest BCUT2D eigenvalue weighted by molar-refractivity contribution is -0.122. The Hall–Kier alpha value is -3.54. The molecule has 0 N–H and O–H groups in total. The van der Waals surface area contributed by atoms with Crippen LogP contribution >= 0.6 is 0 Å². The number of hydrogen-bond acceptors (Lipinski definition) is 2. The van der Waals surface area contributed by atoms with E-state index in [1.54, 1.807) is 12.1 Å². The van der Waals surface area contributed by atoms with Crippen LogP contribution in [-0.2, 0) is 6.61 Å². The Morgan fingerprint density at radius 3 is 2.28 bits per heavy atom. The zero-order chi connectivity index (χ0) is 20.9. The minimum absolute atomic E-state index is 0.0801. The highest BCUT2D eigenvalue weighted by Gasteiger charge is 2.42. The number of rotatable bonds is 6. The molecule has 3 aromatic rings. The summed E-state index contributed by atoms with van der Waals surface area (Å²) in [4.78, 5) is 12.4. The van der Waals surface area contributed by atoms with E-state index in [2.05, 4.69) is 6.58 Å². The van der Waals surface area contributed by atoms with Gasteiger partial charge in [-0.1, -0.05) is 61.2 Å². The van der Waals surface area contributed by atoms with Gasteiger partial charge in [-0.25, -0.2) is 4.90 Å². The van der Waals surface area contributed by atoms with Crippen LogP contribution in [0.15, 0.2) is 85.4 Å². The van der Waals surface area contributed by atoms with Crippen molar-refractivity contribution in [1.82, 2.24) is 0 Å². The first-order chi connectivity index (χ1) is 13.9. The zero-order valence-electron chi connectivity index (χ0n) is 15.4. The maximum Gasteiger partial charge on any atom is 0.491 e. The number of halogens is 3. The molecule has 29 heavy (non-hydrogen) atoms. The summed E-state index contributed by atoms with van der Waals surface area (Å²) in [5, 5.41) is 0. The molecule has 0 spiro atoms. The number of carbonyl (C=O) groups excluding carboxylic acids is 1. The summed E-state index contributed by atoms with van der Waals surface area (Å²) in [6.45, 7) is 3.79. The average molecular weight is 397 g/mol. The van der Waals surface area contributed by atoms with Crippen molar-refractivity contribution in [2.45, 2.75) is 12.9 Å². The third kappa shape index (κ3) is 5.04. The minimum atomic E-state index is -4.90. The number of alkyl halides is 3. The number of anilines is 1. The maximum absolute atomic E-state index is 13.7. The van der Waals surface area contributed by atoms with Gasteiger partial charge in [0.1, 0.15) is 12.4 Å². The number of carbonyl (C=O) groups is 1. The lowest BCUT2D eigenvalue weighted by atomic mass is 10.1. The van der Waals surface area contributed by atoms with Crippen LogP contribution in [0.25, 0.3) is 6.08 Å². The Labute approximate surface area is 166 Å². The van der Waals surface area contributed by atoms with Crippen molar-refractivity contribution in [3.8, 4) is 5.75 Å². The quantitative estimate of drug-likeness (QED) is 0.472. The van der Waals surface area contributed by atoms with Crippen LogP contribution in [0.3, 0.4) is 0 Å². The van der Waals surface area contributed by atoms with Crippen LogP contribution in [0.2, 0.25) is 0 Å². The molecule has 148 valence electrons. The summed E-state index contributed by atoms with van der Waals surface area (Å²) in [7, 11) is 0. The summed E-state index contributed by atoms with van der Waals surface area (Å²) < 4.78 is 46.7. The fourth-order valence-corrected chi connectivity index (χ4v) is 2.72. The van der Waals surface area contributed by atoms with E-state index in [1.807, 2.05) is 30.3 Å². The summed E-state index contributed by atoms with van der Waals surface area (Å²) in [5.41, 5.74) is 1.18. The first kappa shape index (κ1) is 20.2. The lowest BCUT2D eigenvalue weighted by Crippen LogP contribution is -2.43. The van der Waals surface area contributed by atoms with E-state index >= 15 is 0 Å². The number of amides is 1. The molecule has 0 radical (unpaired) electrons. The van der Waals surface area contributed by atoms with Crippen LogP contribution < -0.4 is 9.64 Å². The van der Waals surface area contributed by atoms with Crippen molar-refractivity contribution in [3.05, 3.63) is 102 Å². The molecule has 0 unspecified atom stereocenters. The van der Waals surface area contributed by atoms with Crippen molar-refractivity contribution < 1.29 is 22.7 Å². The maximum atomic E-state index is 13.7. The molecule has 3 rings (SSSR count). The van der Waals surface area contributed by atoms with Crippen LogP contribution in [0.1, 0.15) is 21.5 Å². The van der Waals surface area contributed by atoms with Gasteiger partial charge in [0.2, 0.25) is 0 Å². The standard InChI is InChI=1S/C23H18F3NO2/c1-2-17-11-13-19(14-12-17)22(28)27(23(24,25)26)20-9-6-10-21(15-20)29-16-18-7-4-3-5-8-18/h2-15H,1,16H2. The molecule has 1 amide bonds. The minimum Gasteiger partial charge on any atom is -0.489 e. The highest BCUT2D eigenvalue weighted by Crippen LogP contribution is 2.32. The van der Waals surface area contributed by atoms with Gasteiger partial charge in [0.25, 0.3) is 5.91 Å². The molecule has 3 nitrogen and oxygen atoms in total. The molecule has 0 aromatic heterocycles. The average Bonchev–Trinajstić information content (AvgIpc) is 2.72. The van der Waals surface area contributed by atoms with Crippen LogP contribution in [0, 0.1) is 0 Å². The summed E-state index contributed by atoms with van der Waals surface area (Å²) in [5.74, 6) is -0.941. The Kier molecular flexibility index (Phi) is 6.02. The predicted molar refractivity (Wildman–Crippen MR) is 107 cm³/mol. The second-order valence-electron chi connectivity index (χ2n) is 6.21. The van der Waals surface area contributed by atoms with Crippen molar-refractivity contribution in [2.24, 2.45) is 0 Å². The van der Waals surface area contributed by atoms with E-state index in [9.17, 15) is 18.0 Å². The number of ether oxygens (including phenoxy) is 1. The Bertz CT molecular complexity index is 983. The Balaban J connectivity index is 1.86. The van der Waals surface area contributed by atoms with Gasteiger partial charge in [-0.3, -0.25) is 4.79 Å². The van der Waals surface area contributed by atoms with Crippen LogP contribution in [-0.4, -0.2) is 12.2 Å². The van der Waals surface area contributed by atoms with Gasteiger partial charge < -0.3 is 4.74 Å². The van der Waals surface area contributed by atoms with Crippen LogP contribution in [0.5, 0.6) is 5.75 Å². The molecule has 3 aromatic carbocycles. The molecule has 0 aliphatic carbocycles.